The van der Waals surface area contributed by atoms with Gasteiger partial charge in [0.2, 0.25) is 11.7 Å². The summed E-state index contributed by atoms with van der Waals surface area (Å²) in [4.78, 5) is 43.6. The monoisotopic (exact) mass is 497 g/mol. The number of hydrogen-bond acceptors (Lipinski definition) is 6. The summed E-state index contributed by atoms with van der Waals surface area (Å²) in [6, 6.07) is 12.2. The number of allylic oxidation sites excluding steroid dienone is 1. The lowest BCUT2D eigenvalue weighted by Crippen LogP contribution is -2.62. The van der Waals surface area contributed by atoms with Crippen molar-refractivity contribution in [1.29, 1.82) is 0 Å². The van der Waals surface area contributed by atoms with Crippen molar-refractivity contribution in [3.05, 3.63) is 82.7 Å². The number of benzene rings is 2. The average Bonchev–Trinajstić information content (AvgIpc) is 3.33. The van der Waals surface area contributed by atoms with Crippen LogP contribution in [0.25, 0.3) is 0 Å². The molecule has 0 saturated carbocycles. The topological polar surface area (TPSA) is 88.2 Å². The van der Waals surface area contributed by atoms with Crippen molar-refractivity contribution in [1.82, 2.24) is 15.1 Å². The van der Waals surface area contributed by atoms with E-state index in [-0.39, 0.29) is 49.2 Å². The van der Waals surface area contributed by atoms with Gasteiger partial charge < -0.3 is 24.6 Å². The van der Waals surface area contributed by atoms with E-state index in [4.69, 9.17) is 9.47 Å². The number of nitrogens with one attached hydrogen (secondary N) is 1. The summed E-state index contributed by atoms with van der Waals surface area (Å²) < 4.78 is 38.9. The maximum Gasteiger partial charge on any atom is 0.276 e. The third-order valence-electron chi connectivity index (χ3n) is 6.76. The summed E-state index contributed by atoms with van der Waals surface area (Å²) in [7, 11) is 0. The summed E-state index contributed by atoms with van der Waals surface area (Å²) in [6.07, 6.45) is -0.481. The van der Waals surface area contributed by atoms with Gasteiger partial charge in [0.1, 0.15) is 35.6 Å². The van der Waals surface area contributed by atoms with Gasteiger partial charge in [0.05, 0.1) is 13.2 Å². The first-order valence-electron chi connectivity index (χ1n) is 11.6. The molecule has 5 rings (SSSR count). The van der Waals surface area contributed by atoms with Crippen LogP contribution in [-0.2, 0) is 37.0 Å². The van der Waals surface area contributed by atoms with Crippen LogP contribution in [0.4, 0.5) is 8.78 Å². The van der Waals surface area contributed by atoms with E-state index in [1.165, 1.54) is 13.0 Å². The first-order valence-corrected chi connectivity index (χ1v) is 11.6. The highest BCUT2D eigenvalue weighted by molar-refractivity contribution is 6.16. The molecule has 2 atom stereocenters. The van der Waals surface area contributed by atoms with Crippen molar-refractivity contribution in [2.45, 2.75) is 26.3 Å². The van der Waals surface area contributed by atoms with Gasteiger partial charge in [0, 0.05) is 31.3 Å². The molecule has 36 heavy (non-hydrogen) atoms. The second kappa shape index (κ2) is 9.34. The summed E-state index contributed by atoms with van der Waals surface area (Å²) in [5, 5.41) is 2.59. The van der Waals surface area contributed by atoms with Gasteiger partial charge in [-0.3, -0.25) is 14.4 Å². The van der Waals surface area contributed by atoms with Crippen LogP contribution in [0.1, 0.15) is 18.1 Å². The number of Topliss-reactive ketones (excluding diaryl/α,β-unsaturated/α-hetero) is 1. The first-order chi connectivity index (χ1) is 17.3. The Bertz CT molecular complexity index is 1250. The second-order valence-corrected chi connectivity index (χ2v) is 9.24. The van der Waals surface area contributed by atoms with Crippen molar-refractivity contribution >= 4 is 17.6 Å². The quantitative estimate of drug-likeness (QED) is 0.616. The normalized spacial score (nSPS) is 23.5. The summed E-state index contributed by atoms with van der Waals surface area (Å²) in [5.41, 5.74) is -0.629. The molecule has 2 fully saturated rings. The Balaban J connectivity index is 1.44. The number of nitrogens with zero attached hydrogens (tertiary/aromatic N) is 2. The van der Waals surface area contributed by atoms with Crippen LogP contribution in [0.15, 0.2) is 60.0 Å². The molecule has 0 radical (unpaired) electrons. The lowest BCUT2D eigenvalue weighted by Gasteiger charge is -2.45. The van der Waals surface area contributed by atoms with Crippen LogP contribution in [0, 0.1) is 17.0 Å². The van der Waals surface area contributed by atoms with Crippen molar-refractivity contribution < 1.29 is 32.6 Å². The molecule has 8 nitrogen and oxygen atoms in total. The number of rotatable bonds is 6. The Hall–Kier alpha value is -3.79. The molecule has 3 aliphatic heterocycles. The largest absolute Gasteiger partial charge is 0.483 e. The molecule has 1 unspecified atom stereocenters. The number of ether oxygens (including phenoxy) is 2. The van der Waals surface area contributed by atoms with Crippen LogP contribution < -0.4 is 5.32 Å². The number of hydrogen-bond donors (Lipinski definition) is 1. The number of amides is 2. The van der Waals surface area contributed by atoms with Gasteiger partial charge in [-0.05, 0) is 18.6 Å². The second-order valence-electron chi connectivity index (χ2n) is 9.24. The third kappa shape index (κ3) is 4.21. The van der Waals surface area contributed by atoms with Crippen LogP contribution >= 0.6 is 0 Å². The summed E-state index contributed by atoms with van der Waals surface area (Å²) >= 11 is 0. The lowest BCUT2D eigenvalue weighted by molar-refractivity contribution is -0.152. The fraction of sp³-hybridized carbons (Fsp3) is 0.346. The standard InChI is InChI=1S/C26H25F2N3O5/c1-26(25(34)29-12-17-7-8-18(27)11-19(17)28)15-30-13-20-31(9-10-35-20)24(33)21(30)22(23(26)32)36-14-16-5-3-2-4-6-16/h2-8,11,20H,9-10,12-15H2,1H3,(H,29,34)/t20-,26?/m1/s1. The van der Waals surface area contributed by atoms with Crippen LogP contribution in [0.5, 0.6) is 0 Å². The summed E-state index contributed by atoms with van der Waals surface area (Å²) in [6.45, 7) is 2.27. The number of carbonyl (C=O) groups excluding carboxylic acids is 3. The molecular formula is C26H25F2N3O5. The van der Waals surface area contributed by atoms with Gasteiger partial charge in [0.25, 0.3) is 5.91 Å². The first kappa shape index (κ1) is 23.9. The van der Waals surface area contributed by atoms with E-state index in [2.05, 4.69) is 5.32 Å². The van der Waals surface area contributed by atoms with E-state index in [1.807, 2.05) is 30.3 Å². The zero-order valence-electron chi connectivity index (χ0n) is 19.6. The van der Waals surface area contributed by atoms with Crippen LogP contribution in [-0.4, -0.2) is 59.9 Å². The number of fused-ring (bicyclic) bond motifs is 2. The molecule has 2 saturated heterocycles. The van der Waals surface area contributed by atoms with Gasteiger partial charge in [0.15, 0.2) is 5.76 Å². The molecule has 3 aliphatic rings. The van der Waals surface area contributed by atoms with Crippen molar-refractivity contribution in [3.63, 3.8) is 0 Å². The summed E-state index contributed by atoms with van der Waals surface area (Å²) in [5.74, 6) is -3.37. The van der Waals surface area contributed by atoms with Crippen molar-refractivity contribution in [2.24, 2.45) is 5.41 Å². The number of halogens is 2. The maximum absolute atomic E-state index is 14.1. The minimum atomic E-state index is -1.62. The molecule has 2 aromatic rings. The molecule has 188 valence electrons. The number of carbonyl (C=O) groups is 3. The highest BCUT2D eigenvalue weighted by Gasteiger charge is 2.54. The zero-order chi connectivity index (χ0) is 25.4. The van der Waals surface area contributed by atoms with Gasteiger partial charge in [-0.25, -0.2) is 8.78 Å². The predicted octanol–water partition coefficient (Wildman–Crippen LogP) is 2.10. The van der Waals surface area contributed by atoms with Crippen LogP contribution in [0.3, 0.4) is 0 Å². The average molecular weight is 497 g/mol. The van der Waals surface area contributed by atoms with Crippen LogP contribution in [0.2, 0.25) is 0 Å². The molecule has 3 heterocycles. The smallest absolute Gasteiger partial charge is 0.276 e. The molecule has 0 aromatic heterocycles. The molecule has 1 N–H and O–H groups in total. The zero-order valence-corrected chi connectivity index (χ0v) is 19.6. The Morgan fingerprint density at radius 2 is 1.97 bits per heavy atom. The highest BCUT2D eigenvalue weighted by atomic mass is 19.1. The Morgan fingerprint density at radius 3 is 2.72 bits per heavy atom. The molecule has 0 bridgehead atoms. The highest BCUT2D eigenvalue weighted by Crippen LogP contribution is 2.38. The van der Waals surface area contributed by atoms with Gasteiger partial charge in [-0.15, -0.1) is 0 Å². The number of piperazine rings is 1. The van der Waals surface area contributed by atoms with Gasteiger partial charge in [-0.1, -0.05) is 36.4 Å². The molecule has 10 heteroatoms. The van der Waals surface area contributed by atoms with Gasteiger partial charge in [-0.2, -0.15) is 0 Å². The Kier molecular flexibility index (Phi) is 6.21. The van der Waals surface area contributed by atoms with Gasteiger partial charge >= 0.3 is 0 Å². The minimum Gasteiger partial charge on any atom is -0.483 e. The molecule has 2 aromatic carbocycles. The fourth-order valence-electron chi connectivity index (χ4n) is 4.73. The minimum absolute atomic E-state index is 0.0327. The van der Waals surface area contributed by atoms with E-state index in [9.17, 15) is 23.2 Å². The number of ketones is 1. The van der Waals surface area contributed by atoms with E-state index in [1.54, 1.807) is 9.80 Å². The molecule has 2 amide bonds. The lowest BCUT2D eigenvalue weighted by atomic mass is 9.79. The van der Waals surface area contributed by atoms with E-state index in [0.29, 0.717) is 13.2 Å². The van der Waals surface area contributed by atoms with Crippen molar-refractivity contribution in [2.75, 3.05) is 26.2 Å². The fourth-order valence-corrected chi connectivity index (χ4v) is 4.73. The third-order valence-corrected chi connectivity index (χ3v) is 6.76. The Morgan fingerprint density at radius 1 is 1.19 bits per heavy atom. The molecule has 0 aliphatic carbocycles. The van der Waals surface area contributed by atoms with E-state index in [0.717, 1.165) is 17.7 Å². The van der Waals surface area contributed by atoms with E-state index >= 15 is 0 Å². The van der Waals surface area contributed by atoms with E-state index < -0.39 is 35.0 Å². The molecular weight excluding hydrogens is 472 g/mol. The SMILES string of the molecule is CC1(C(=O)NCc2ccc(F)cc2F)CN2C[C@H]3OCCN3C(=O)C2=C(OCc2ccccc2)C1=O. The Labute approximate surface area is 206 Å². The maximum atomic E-state index is 14.1. The predicted molar refractivity (Wildman–Crippen MR) is 123 cm³/mol. The molecule has 0 spiro atoms. The van der Waals surface area contributed by atoms with Crippen molar-refractivity contribution in [3.8, 4) is 0 Å².